The van der Waals surface area contributed by atoms with Crippen molar-refractivity contribution in [3.05, 3.63) is 114 Å². The Kier molecular flexibility index (Phi) is 3.94. The van der Waals surface area contributed by atoms with Crippen LogP contribution in [0.2, 0.25) is 0 Å². The summed E-state index contributed by atoms with van der Waals surface area (Å²) in [6.45, 7) is 0. The summed E-state index contributed by atoms with van der Waals surface area (Å²) in [4.78, 5) is 0. The quantitative estimate of drug-likeness (QED) is 0.383. The molecule has 0 aliphatic heterocycles. The standard InChI is InChI=1S/C28H21OP/c29-30(23-10-3-1-4-11-23,24-12-5-2-6-13-24)26-19-17-22-15-14-20-8-7-9-21-16-18-25(26)28(22)27(20)21/h1-8,10-19,21H,9H2. The minimum absolute atomic E-state index is 0.407. The summed E-state index contributed by atoms with van der Waals surface area (Å²) in [6.07, 6.45) is 10.0. The van der Waals surface area contributed by atoms with Crippen molar-refractivity contribution in [3.63, 3.8) is 0 Å². The van der Waals surface area contributed by atoms with Crippen molar-refractivity contribution < 1.29 is 4.57 Å². The van der Waals surface area contributed by atoms with Gasteiger partial charge in [0.2, 0.25) is 0 Å². The third-order valence-electron chi connectivity index (χ3n) is 6.41. The van der Waals surface area contributed by atoms with E-state index >= 15 is 0 Å². The number of allylic oxidation sites excluding steroid dienone is 2. The zero-order valence-corrected chi connectivity index (χ0v) is 17.4. The maximum atomic E-state index is 15.0. The Hall–Kier alpha value is -3.15. The zero-order valence-electron chi connectivity index (χ0n) is 16.5. The third-order valence-corrected chi connectivity index (χ3v) is 9.53. The van der Waals surface area contributed by atoms with E-state index in [1.807, 2.05) is 60.7 Å². The first-order chi connectivity index (χ1) is 14.8. The van der Waals surface area contributed by atoms with Gasteiger partial charge in [0, 0.05) is 21.8 Å². The van der Waals surface area contributed by atoms with Crippen LogP contribution in [0, 0.1) is 0 Å². The van der Waals surface area contributed by atoms with Crippen LogP contribution in [0.4, 0.5) is 0 Å². The van der Waals surface area contributed by atoms with E-state index in [1.54, 1.807) is 0 Å². The van der Waals surface area contributed by atoms with Crippen molar-refractivity contribution in [2.45, 2.75) is 12.3 Å². The Morgan fingerprint density at radius 1 is 0.733 bits per heavy atom. The van der Waals surface area contributed by atoms with E-state index in [9.17, 15) is 4.57 Å². The van der Waals surface area contributed by atoms with Crippen molar-refractivity contribution in [2.75, 3.05) is 0 Å². The smallest absolute Gasteiger partial charge is 0.171 e. The first-order valence-electron chi connectivity index (χ1n) is 10.4. The molecule has 0 radical (unpaired) electrons. The fourth-order valence-electron chi connectivity index (χ4n) is 5.02. The largest absolute Gasteiger partial charge is 0.309 e. The average molecular weight is 404 g/mol. The molecule has 6 rings (SSSR count). The van der Waals surface area contributed by atoms with E-state index in [-0.39, 0.29) is 0 Å². The minimum atomic E-state index is -3.02. The third kappa shape index (κ3) is 2.46. The highest BCUT2D eigenvalue weighted by atomic mass is 31.2. The van der Waals surface area contributed by atoms with Crippen LogP contribution in [-0.2, 0) is 4.57 Å². The fourth-order valence-corrected chi connectivity index (χ4v) is 7.86. The molecule has 0 spiro atoms. The molecule has 2 aliphatic rings. The molecule has 0 saturated carbocycles. The van der Waals surface area contributed by atoms with Gasteiger partial charge in [0.05, 0.1) is 0 Å². The summed E-state index contributed by atoms with van der Waals surface area (Å²) in [7, 11) is -3.02. The van der Waals surface area contributed by atoms with Crippen LogP contribution in [0.3, 0.4) is 0 Å². The van der Waals surface area contributed by atoms with E-state index < -0.39 is 7.14 Å². The van der Waals surface area contributed by atoms with Crippen molar-refractivity contribution in [1.82, 2.24) is 0 Å². The molecule has 1 atom stereocenters. The lowest BCUT2D eigenvalue weighted by molar-refractivity contribution is 0.592. The molecule has 0 fully saturated rings. The maximum Gasteiger partial charge on any atom is 0.171 e. The van der Waals surface area contributed by atoms with Crippen LogP contribution in [-0.4, -0.2) is 0 Å². The molecule has 2 heteroatoms. The summed E-state index contributed by atoms with van der Waals surface area (Å²) >= 11 is 0. The van der Waals surface area contributed by atoms with Crippen LogP contribution in [0.5, 0.6) is 0 Å². The SMILES string of the molecule is O=P(c1ccccc1)(c1ccccc1)c1ccc2ccc3c4c2c1C=CC4CC=C3. The van der Waals surface area contributed by atoms with Crippen molar-refractivity contribution in [3.8, 4) is 0 Å². The molecule has 4 aromatic rings. The molecular formula is C28H21OP. The molecule has 1 nitrogen and oxygen atoms in total. The number of rotatable bonds is 3. The van der Waals surface area contributed by atoms with Gasteiger partial charge < -0.3 is 4.57 Å². The highest BCUT2D eigenvalue weighted by molar-refractivity contribution is 7.85. The molecule has 1 unspecified atom stereocenters. The van der Waals surface area contributed by atoms with Crippen LogP contribution in [0.25, 0.3) is 22.9 Å². The van der Waals surface area contributed by atoms with Gasteiger partial charge in [-0.25, -0.2) is 0 Å². The lowest BCUT2D eigenvalue weighted by Gasteiger charge is -2.29. The van der Waals surface area contributed by atoms with Gasteiger partial charge in [-0.2, -0.15) is 0 Å². The van der Waals surface area contributed by atoms with E-state index in [2.05, 4.69) is 48.6 Å². The Balaban J connectivity index is 1.73. The monoisotopic (exact) mass is 404 g/mol. The van der Waals surface area contributed by atoms with Gasteiger partial charge in [0.25, 0.3) is 0 Å². The predicted molar refractivity (Wildman–Crippen MR) is 129 cm³/mol. The minimum Gasteiger partial charge on any atom is -0.309 e. The van der Waals surface area contributed by atoms with Crippen molar-refractivity contribution in [2.24, 2.45) is 0 Å². The summed E-state index contributed by atoms with van der Waals surface area (Å²) in [5.74, 6) is 0.407. The van der Waals surface area contributed by atoms with Crippen LogP contribution < -0.4 is 15.9 Å². The molecule has 0 bridgehead atoms. The van der Waals surface area contributed by atoms with E-state index in [0.717, 1.165) is 27.9 Å². The maximum absolute atomic E-state index is 15.0. The Bertz CT molecular complexity index is 1340. The molecule has 30 heavy (non-hydrogen) atoms. The fraction of sp³-hybridized carbons (Fsp3) is 0.0714. The summed E-state index contributed by atoms with van der Waals surface area (Å²) < 4.78 is 15.0. The van der Waals surface area contributed by atoms with Gasteiger partial charge in [-0.15, -0.1) is 0 Å². The van der Waals surface area contributed by atoms with Gasteiger partial charge in [-0.05, 0) is 39.9 Å². The lowest BCUT2D eigenvalue weighted by atomic mass is 9.79. The van der Waals surface area contributed by atoms with Gasteiger partial charge in [-0.1, -0.05) is 103 Å². The van der Waals surface area contributed by atoms with E-state index in [0.29, 0.717) is 5.92 Å². The zero-order chi connectivity index (χ0) is 20.1. The molecule has 0 N–H and O–H groups in total. The average Bonchev–Trinajstić information content (AvgIpc) is 2.83. The molecule has 0 heterocycles. The molecule has 144 valence electrons. The Labute approximate surface area is 176 Å². The van der Waals surface area contributed by atoms with Crippen LogP contribution in [0.15, 0.2) is 97.1 Å². The molecule has 4 aromatic carbocycles. The first kappa shape index (κ1) is 17.7. The highest BCUT2D eigenvalue weighted by Crippen LogP contribution is 2.48. The van der Waals surface area contributed by atoms with Gasteiger partial charge >= 0.3 is 0 Å². The molecular weight excluding hydrogens is 383 g/mol. The van der Waals surface area contributed by atoms with Gasteiger partial charge in [-0.3, -0.25) is 0 Å². The summed E-state index contributed by atoms with van der Waals surface area (Å²) in [5, 5.41) is 5.20. The van der Waals surface area contributed by atoms with Crippen molar-refractivity contribution in [1.29, 1.82) is 0 Å². The van der Waals surface area contributed by atoms with E-state index in [1.165, 1.54) is 21.9 Å². The van der Waals surface area contributed by atoms with Crippen molar-refractivity contribution >= 4 is 46.0 Å². The highest BCUT2D eigenvalue weighted by Gasteiger charge is 2.34. The number of hydrogen-bond acceptors (Lipinski definition) is 1. The first-order valence-corrected chi connectivity index (χ1v) is 12.1. The second kappa shape index (κ2) is 6.69. The Morgan fingerprint density at radius 2 is 1.40 bits per heavy atom. The van der Waals surface area contributed by atoms with Crippen LogP contribution >= 0.6 is 7.14 Å². The van der Waals surface area contributed by atoms with Crippen LogP contribution in [0.1, 0.15) is 29.0 Å². The Morgan fingerprint density at radius 3 is 2.10 bits per heavy atom. The number of benzene rings is 4. The number of hydrogen-bond donors (Lipinski definition) is 0. The molecule has 0 amide bonds. The molecule has 0 aromatic heterocycles. The normalized spacial score (nSPS) is 16.7. The van der Waals surface area contributed by atoms with E-state index in [4.69, 9.17) is 0 Å². The molecule has 0 saturated heterocycles. The molecule has 2 aliphatic carbocycles. The second-order valence-corrected chi connectivity index (χ2v) is 10.8. The summed E-state index contributed by atoms with van der Waals surface area (Å²) in [6, 6.07) is 28.6. The second-order valence-electron chi connectivity index (χ2n) is 8.05. The predicted octanol–water partition coefficient (Wildman–Crippen LogP) is 6.01. The summed E-state index contributed by atoms with van der Waals surface area (Å²) in [5.41, 5.74) is 3.80. The topological polar surface area (TPSA) is 17.1 Å². The van der Waals surface area contributed by atoms with Gasteiger partial charge in [0.15, 0.2) is 7.14 Å². The lowest BCUT2D eigenvalue weighted by Crippen LogP contribution is -2.27. The van der Waals surface area contributed by atoms with Gasteiger partial charge in [0.1, 0.15) is 0 Å².